The molecule has 15 heavy (non-hydrogen) atoms. The smallest absolute Gasteiger partial charge is 0.0220 e. The van der Waals surface area contributed by atoms with E-state index in [0.717, 1.165) is 12.6 Å². The van der Waals surface area contributed by atoms with Gasteiger partial charge in [0, 0.05) is 12.6 Å². The lowest BCUT2D eigenvalue weighted by Gasteiger charge is -2.25. The van der Waals surface area contributed by atoms with Gasteiger partial charge in [0.15, 0.2) is 0 Å². The molecule has 1 fully saturated rings. The highest BCUT2D eigenvalue weighted by Crippen LogP contribution is 2.15. The molecule has 0 radical (unpaired) electrons. The minimum Gasteiger partial charge on any atom is -0.330 e. The first-order chi connectivity index (χ1) is 7.24. The van der Waals surface area contributed by atoms with E-state index >= 15 is 0 Å². The van der Waals surface area contributed by atoms with Crippen molar-refractivity contribution in [3.63, 3.8) is 0 Å². The first kappa shape index (κ1) is 12.9. The molecular formula is C12H27N3. The van der Waals surface area contributed by atoms with E-state index in [1.54, 1.807) is 0 Å². The topological polar surface area (TPSA) is 32.5 Å². The number of nitrogens with zero attached hydrogens (tertiary/aromatic N) is 2. The summed E-state index contributed by atoms with van der Waals surface area (Å²) in [6.07, 6.45) is 6.51. The van der Waals surface area contributed by atoms with Crippen molar-refractivity contribution in [2.45, 2.75) is 38.1 Å². The molecule has 0 aromatic carbocycles. The third kappa shape index (κ3) is 4.96. The Morgan fingerprint density at radius 2 is 2.13 bits per heavy atom. The van der Waals surface area contributed by atoms with Gasteiger partial charge in [0.2, 0.25) is 0 Å². The average molecular weight is 213 g/mol. The van der Waals surface area contributed by atoms with E-state index in [1.807, 2.05) is 0 Å². The molecule has 1 aliphatic heterocycles. The zero-order valence-electron chi connectivity index (χ0n) is 10.4. The molecule has 0 bridgehead atoms. The molecule has 90 valence electrons. The van der Waals surface area contributed by atoms with E-state index in [1.165, 1.54) is 51.7 Å². The number of rotatable bonds is 7. The lowest BCUT2D eigenvalue weighted by atomic mass is 10.2. The third-order valence-corrected chi connectivity index (χ3v) is 3.44. The first-order valence-electron chi connectivity index (χ1n) is 6.33. The van der Waals surface area contributed by atoms with Crippen LogP contribution < -0.4 is 5.73 Å². The molecule has 1 unspecified atom stereocenters. The van der Waals surface area contributed by atoms with Crippen LogP contribution in [0.3, 0.4) is 0 Å². The highest BCUT2D eigenvalue weighted by atomic mass is 15.2. The first-order valence-corrected chi connectivity index (χ1v) is 6.33. The lowest BCUT2D eigenvalue weighted by Crippen LogP contribution is -2.37. The number of likely N-dealkylation sites (tertiary alicyclic amines) is 1. The maximum Gasteiger partial charge on any atom is 0.0220 e. The second-order valence-electron chi connectivity index (χ2n) is 4.89. The molecular weight excluding hydrogens is 186 g/mol. The summed E-state index contributed by atoms with van der Waals surface area (Å²) >= 11 is 0. The number of nitrogens with two attached hydrogens (primary N) is 1. The van der Waals surface area contributed by atoms with Gasteiger partial charge in [0.05, 0.1) is 0 Å². The Hall–Kier alpha value is -0.120. The molecule has 1 rings (SSSR count). The molecule has 3 nitrogen and oxygen atoms in total. The summed E-state index contributed by atoms with van der Waals surface area (Å²) < 4.78 is 0. The van der Waals surface area contributed by atoms with Crippen molar-refractivity contribution in [3.05, 3.63) is 0 Å². The van der Waals surface area contributed by atoms with E-state index in [0.29, 0.717) is 0 Å². The van der Waals surface area contributed by atoms with Gasteiger partial charge in [-0.1, -0.05) is 6.42 Å². The van der Waals surface area contributed by atoms with E-state index in [4.69, 9.17) is 5.73 Å². The fraction of sp³-hybridized carbons (Fsp3) is 1.00. The van der Waals surface area contributed by atoms with Crippen molar-refractivity contribution < 1.29 is 0 Å². The summed E-state index contributed by atoms with van der Waals surface area (Å²) in [4.78, 5) is 4.97. The van der Waals surface area contributed by atoms with Gasteiger partial charge in [0.1, 0.15) is 0 Å². The Kier molecular flexibility index (Phi) is 6.22. The third-order valence-electron chi connectivity index (χ3n) is 3.44. The van der Waals surface area contributed by atoms with Crippen LogP contribution >= 0.6 is 0 Å². The van der Waals surface area contributed by atoms with E-state index in [-0.39, 0.29) is 0 Å². The van der Waals surface area contributed by atoms with Gasteiger partial charge in [-0.3, -0.25) is 0 Å². The van der Waals surface area contributed by atoms with Gasteiger partial charge in [-0.05, 0) is 59.4 Å². The number of hydrogen-bond donors (Lipinski definition) is 1. The van der Waals surface area contributed by atoms with Crippen molar-refractivity contribution in [2.24, 2.45) is 5.73 Å². The molecule has 0 saturated carbocycles. The average Bonchev–Trinajstić information content (AvgIpc) is 2.59. The van der Waals surface area contributed by atoms with Gasteiger partial charge in [-0.25, -0.2) is 0 Å². The van der Waals surface area contributed by atoms with Crippen LogP contribution in [0.15, 0.2) is 0 Å². The SMILES string of the molecule is CN(CCCCCN)CC1CCCN1C. The van der Waals surface area contributed by atoms with Crippen LogP contribution in [0, 0.1) is 0 Å². The van der Waals surface area contributed by atoms with Crippen LogP contribution in [0.2, 0.25) is 0 Å². The van der Waals surface area contributed by atoms with Crippen LogP contribution in [0.5, 0.6) is 0 Å². The summed E-state index contributed by atoms with van der Waals surface area (Å²) in [6.45, 7) is 4.59. The van der Waals surface area contributed by atoms with Gasteiger partial charge in [-0.2, -0.15) is 0 Å². The lowest BCUT2D eigenvalue weighted by molar-refractivity contribution is 0.218. The Morgan fingerprint density at radius 3 is 2.73 bits per heavy atom. The zero-order chi connectivity index (χ0) is 11.1. The van der Waals surface area contributed by atoms with Crippen LogP contribution in [-0.2, 0) is 0 Å². The van der Waals surface area contributed by atoms with E-state index in [2.05, 4.69) is 23.9 Å². The molecule has 1 atom stereocenters. The molecule has 0 spiro atoms. The Balaban J connectivity index is 2.04. The quantitative estimate of drug-likeness (QED) is 0.644. The standard InChI is InChI=1S/C12H27N3/c1-14(9-5-3-4-8-13)11-12-7-6-10-15(12)2/h12H,3-11,13H2,1-2H3. The summed E-state index contributed by atoms with van der Waals surface area (Å²) in [5.41, 5.74) is 5.48. The second kappa shape index (κ2) is 7.20. The van der Waals surface area contributed by atoms with Crippen molar-refractivity contribution in [1.29, 1.82) is 0 Å². The summed E-state index contributed by atoms with van der Waals surface area (Å²) in [5.74, 6) is 0. The fourth-order valence-electron chi connectivity index (χ4n) is 2.36. The van der Waals surface area contributed by atoms with E-state index < -0.39 is 0 Å². The van der Waals surface area contributed by atoms with Gasteiger partial charge < -0.3 is 15.5 Å². The Bertz CT molecular complexity index is 161. The highest BCUT2D eigenvalue weighted by Gasteiger charge is 2.21. The maximum atomic E-state index is 5.48. The van der Waals surface area contributed by atoms with Gasteiger partial charge in [-0.15, -0.1) is 0 Å². The fourth-order valence-corrected chi connectivity index (χ4v) is 2.36. The van der Waals surface area contributed by atoms with Crippen molar-refractivity contribution in [3.8, 4) is 0 Å². The normalized spacial score (nSPS) is 22.8. The molecule has 1 aliphatic rings. The van der Waals surface area contributed by atoms with Crippen LogP contribution in [0.4, 0.5) is 0 Å². The monoisotopic (exact) mass is 213 g/mol. The zero-order valence-corrected chi connectivity index (χ0v) is 10.4. The predicted molar refractivity (Wildman–Crippen MR) is 66.1 cm³/mol. The molecule has 0 aliphatic carbocycles. The van der Waals surface area contributed by atoms with E-state index in [9.17, 15) is 0 Å². The Morgan fingerprint density at radius 1 is 1.33 bits per heavy atom. The molecule has 1 saturated heterocycles. The summed E-state index contributed by atoms with van der Waals surface area (Å²) in [5, 5.41) is 0. The molecule has 2 N–H and O–H groups in total. The maximum absolute atomic E-state index is 5.48. The number of unbranched alkanes of at least 4 members (excludes halogenated alkanes) is 2. The highest BCUT2D eigenvalue weighted by molar-refractivity contribution is 4.78. The second-order valence-corrected chi connectivity index (χ2v) is 4.89. The summed E-state index contributed by atoms with van der Waals surface area (Å²) in [7, 11) is 4.49. The number of likely N-dealkylation sites (N-methyl/N-ethyl adjacent to an activating group) is 2. The van der Waals surface area contributed by atoms with Crippen LogP contribution in [-0.4, -0.2) is 56.1 Å². The largest absolute Gasteiger partial charge is 0.330 e. The summed E-state index contributed by atoms with van der Waals surface area (Å²) in [6, 6.07) is 0.796. The molecule has 0 aromatic rings. The van der Waals surface area contributed by atoms with Crippen molar-refractivity contribution in [1.82, 2.24) is 9.80 Å². The van der Waals surface area contributed by atoms with Gasteiger partial charge >= 0.3 is 0 Å². The molecule has 0 aromatic heterocycles. The minimum atomic E-state index is 0.796. The molecule has 0 amide bonds. The van der Waals surface area contributed by atoms with Crippen LogP contribution in [0.1, 0.15) is 32.1 Å². The minimum absolute atomic E-state index is 0.796. The molecule has 1 heterocycles. The Labute approximate surface area is 94.6 Å². The van der Waals surface area contributed by atoms with Crippen LogP contribution in [0.25, 0.3) is 0 Å². The van der Waals surface area contributed by atoms with Crippen molar-refractivity contribution >= 4 is 0 Å². The molecule has 3 heteroatoms. The predicted octanol–water partition coefficient (Wildman–Crippen LogP) is 1.14. The number of hydrogen-bond acceptors (Lipinski definition) is 3. The van der Waals surface area contributed by atoms with Crippen molar-refractivity contribution in [2.75, 3.05) is 40.3 Å². The van der Waals surface area contributed by atoms with Gasteiger partial charge in [0.25, 0.3) is 0 Å².